The SMILES string of the molecule is O=C(O)[C@@H](Cc1cc(Br)c(O)c(Br)c1)NC(=O)N1CCC(n2c(=O)[nH]c3ncccc32)CC1. The third kappa shape index (κ3) is 4.91. The van der Waals surface area contributed by atoms with E-state index in [1.54, 1.807) is 33.9 Å². The summed E-state index contributed by atoms with van der Waals surface area (Å²) in [6.45, 7) is 0.775. The van der Waals surface area contributed by atoms with Gasteiger partial charge in [-0.2, -0.15) is 0 Å². The predicted octanol–water partition coefficient (Wildman–Crippen LogP) is 3.00. The van der Waals surface area contributed by atoms with Crippen molar-refractivity contribution in [2.45, 2.75) is 31.3 Å². The van der Waals surface area contributed by atoms with Crippen LogP contribution in [0.25, 0.3) is 11.2 Å². The van der Waals surface area contributed by atoms with Gasteiger partial charge in [0.2, 0.25) is 0 Å². The van der Waals surface area contributed by atoms with Gasteiger partial charge in [-0.05, 0) is 74.5 Å². The van der Waals surface area contributed by atoms with Crippen molar-refractivity contribution in [1.82, 2.24) is 24.8 Å². The van der Waals surface area contributed by atoms with Crippen molar-refractivity contribution in [3.8, 4) is 5.75 Å². The number of carbonyl (C=O) groups excluding carboxylic acids is 1. The number of carboxylic acids is 1. The number of benzene rings is 1. The van der Waals surface area contributed by atoms with E-state index in [1.807, 2.05) is 6.07 Å². The Bertz CT molecular complexity index is 1240. The number of likely N-dealkylation sites (tertiary alicyclic amines) is 1. The van der Waals surface area contributed by atoms with Gasteiger partial charge in [-0.1, -0.05) is 0 Å². The highest BCUT2D eigenvalue weighted by Gasteiger charge is 2.29. The molecule has 12 heteroatoms. The number of halogens is 2. The van der Waals surface area contributed by atoms with E-state index in [1.165, 1.54) is 0 Å². The van der Waals surface area contributed by atoms with Crippen molar-refractivity contribution in [2.75, 3.05) is 13.1 Å². The quantitative estimate of drug-likeness (QED) is 0.364. The standard InChI is InChI=1S/C21H21Br2N5O5/c22-13-8-11(9-14(23)17(13)29)10-15(19(30)31)25-20(32)27-6-3-12(4-7-27)28-16-2-1-5-24-18(16)26-21(28)33/h1-2,5,8-9,12,15,29H,3-4,6-7,10H2,(H,25,32)(H,30,31)(H,24,26,33)/t15-/m1/s1. The summed E-state index contributed by atoms with van der Waals surface area (Å²) in [5, 5.41) is 22.1. The van der Waals surface area contributed by atoms with E-state index in [4.69, 9.17) is 0 Å². The van der Waals surface area contributed by atoms with Gasteiger partial charge in [0.05, 0.1) is 14.5 Å². The number of aromatic nitrogens is 3. The van der Waals surface area contributed by atoms with Gasteiger partial charge in [0.25, 0.3) is 0 Å². The van der Waals surface area contributed by atoms with Crippen molar-refractivity contribution < 1.29 is 19.8 Å². The number of carbonyl (C=O) groups is 2. The molecule has 2 aromatic heterocycles. The number of carboxylic acid groups (broad SMARTS) is 1. The topological polar surface area (TPSA) is 141 Å². The van der Waals surface area contributed by atoms with Gasteiger partial charge in [-0.25, -0.2) is 19.4 Å². The number of phenolic OH excluding ortho intramolecular Hbond substituents is 1. The zero-order valence-electron chi connectivity index (χ0n) is 17.3. The molecule has 0 spiro atoms. The van der Waals surface area contributed by atoms with Crippen LogP contribution >= 0.6 is 31.9 Å². The molecule has 2 amide bonds. The molecular weight excluding hydrogens is 562 g/mol. The number of nitrogens with zero attached hydrogens (tertiary/aromatic N) is 3. The molecule has 0 saturated carbocycles. The molecule has 3 heterocycles. The third-order valence-electron chi connectivity index (χ3n) is 5.72. The van der Waals surface area contributed by atoms with Gasteiger partial charge in [0.1, 0.15) is 11.8 Å². The number of hydrogen-bond donors (Lipinski definition) is 4. The number of rotatable bonds is 5. The molecule has 1 saturated heterocycles. The van der Waals surface area contributed by atoms with E-state index in [2.05, 4.69) is 47.1 Å². The lowest BCUT2D eigenvalue weighted by Gasteiger charge is -2.33. The number of nitrogens with one attached hydrogen (secondary N) is 2. The number of imidazole rings is 1. The van der Waals surface area contributed by atoms with Crippen LogP contribution in [0.5, 0.6) is 5.75 Å². The zero-order chi connectivity index (χ0) is 23.7. The van der Waals surface area contributed by atoms with Crippen LogP contribution in [0.2, 0.25) is 0 Å². The number of piperidine rings is 1. The monoisotopic (exact) mass is 581 g/mol. The van der Waals surface area contributed by atoms with Crippen LogP contribution in [0.1, 0.15) is 24.4 Å². The normalized spacial score (nSPS) is 15.5. The van der Waals surface area contributed by atoms with Gasteiger partial charge in [-0.15, -0.1) is 0 Å². The number of pyridine rings is 1. The highest BCUT2D eigenvalue weighted by Crippen LogP contribution is 2.33. The van der Waals surface area contributed by atoms with Crippen molar-refractivity contribution in [2.24, 2.45) is 0 Å². The van der Waals surface area contributed by atoms with Crippen molar-refractivity contribution in [1.29, 1.82) is 0 Å². The number of amides is 2. The molecule has 4 N–H and O–H groups in total. The lowest BCUT2D eigenvalue weighted by atomic mass is 10.0. The Morgan fingerprint density at radius 1 is 1.24 bits per heavy atom. The van der Waals surface area contributed by atoms with Crippen LogP contribution in [0.3, 0.4) is 0 Å². The molecule has 1 atom stereocenters. The molecule has 0 bridgehead atoms. The summed E-state index contributed by atoms with van der Waals surface area (Å²) in [7, 11) is 0. The summed E-state index contributed by atoms with van der Waals surface area (Å²) in [6, 6.07) is 5.14. The summed E-state index contributed by atoms with van der Waals surface area (Å²) in [5.74, 6) is -1.14. The first-order chi connectivity index (χ1) is 15.7. The first-order valence-electron chi connectivity index (χ1n) is 10.2. The van der Waals surface area contributed by atoms with Crippen LogP contribution < -0.4 is 11.0 Å². The van der Waals surface area contributed by atoms with E-state index in [0.29, 0.717) is 46.1 Å². The Labute approximate surface area is 204 Å². The number of fused-ring (bicyclic) bond motifs is 1. The van der Waals surface area contributed by atoms with E-state index in [9.17, 15) is 24.6 Å². The highest BCUT2D eigenvalue weighted by atomic mass is 79.9. The largest absolute Gasteiger partial charge is 0.506 e. The van der Waals surface area contributed by atoms with E-state index in [0.717, 1.165) is 5.52 Å². The smallest absolute Gasteiger partial charge is 0.327 e. The Kier molecular flexibility index (Phi) is 6.75. The minimum Gasteiger partial charge on any atom is -0.506 e. The fraction of sp³-hybridized carbons (Fsp3) is 0.333. The maximum Gasteiger partial charge on any atom is 0.327 e. The summed E-state index contributed by atoms with van der Waals surface area (Å²) < 4.78 is 2.53. The molecule has 0 radical (unpaired) electrons. The summed E-state index contributed by atoms with van der Waals surface area (Å²) >= 11 is 6.45. The molecule has 3 aromatic rings. The number of aromatic hydroxyl groups is 1. The van der Waals surface area contributed by atoms with E-state index in [-0.39, 0.29) is 23.9 Å². The van der Waals surface area contributed by atoms with Crippen molar-refractivity contribution in [3.63, 3.8) is 0 Å². The second kappa shape index (κ2) is 9.56. The average molecular weight is 583 g/mol. The Morgan fingerprint density at radius 3 is 2.55 bits per heavy atom. The number of phenols is 1. The summed E-state index contributed by atoms with van der Waals surface area (Å²) in [6.07, 6.45) is 2.78. The number of aliphatic carboxylic acids is 1. The number of urea groups is 1. The molecule has 1 aliphatic heterocycles. The lowest BCUT2D eigenvalue weighted by molar-refractivity contribution is -0.139. The van der Waals surface area contributed by atoms with Gasteiger partial charge in [-0.3, -0.25) is 9.55 Å². The molecule has 33 heavy (non-hydrogen) atoms. The van der Waals surface area contributed by atoms with Crippen LogP contribution in [-0.2, 0) is 11.2 Å². The molecule has 174 valence electrons. The first kappa shape index (κ1) is 23.3. The fourth-order valence-electron chi connectivity index (χ4n) is 4.06. The van der Waals surface area contributed by atoms with Crippen LogP contribution in [-0.4, -0.2) is 60.8 Å². The number of hydrogen-bond acceptors (Lipinski definition) is 5. The lowest BCUT2D eigenvalue weighted by Crippen LogP contribution is -2.51. The van der Waals surface area contributed by atoms with Gasteiger partial charge >= 0.3 is 17.7 Å². The molecule has 10 nitrogen and oxygen atoms in total. The molecule has 4 rings (SSSR count). The Hall–Kier alpha value is -2.86. The summed E-state index contributed by atoms with van der Waals surface area (Å²) in [5.41, 5.74) is 1.65. The maximum atomic E-state index is 12.8. The Balaban J connectivity index is 1.41. The van der Waals surface area contributed by atoms with Crippen LogP contribution in [0, 0.1) is 0 Å². The maximum absolute atomic E-state index is 12.8. The molecule has 0 unspecified atom stereocenters. The second-order valence-electron chi connectivity index (χ2n) is 7.84. The van der Waals surface area contributed by atoms with Gasteiger partial charge in [0, 0.05) is 31.7 Å². The number of aromatic amines is 1. The van der Waals surface area contributed by atoms with Crippen LogP contribution in [0.4, 0.5) is 4.79 Å². The van der Waals surface area contributed by atoms with Crippen LogP contribution in [0.15, 0.2) is 44.2 Å². The Morgan fingerprint density at radius 2 is 1.91 bits per heavy atom. The first-order valence-corrected chi connectivity index (χ1v) is 11.8. The van der Waals surface area contributed by atoms with E-state index >= 15 is 0 Å². The molecule has 1 fully saturated rings. The number of H-pyrrole nitrogens is 1. The zero-order valence-corrected chi connectivity index (χ0v) is 20.5. The minimum absolute atomic E-state index is 0.0163. The molecule has 1 aliphatic rings. The average Bonchev–Trinajstić information content (AvgIpc) is 3.12. The predicted molar refractivity (Wildman–Crippen MR) is 127 cm³/mol. The van der Waals surface area contributed by atoms with Crippen molar-refractivity contribution in [3.05, 3.63) is 55.5 Å². The highest BCUT2D eigenvalue weighted by molar-refractivity contribution is 9.11. The summed E-state index contributed by atoms with van der Waals surface area (Å²) in [4.78, 5) is 45.4. The second-order valence-corrected chi connectivity index (χ2v) is 9.55. The van der Waals surface area contributed by atoms with E-state index < -0.39 is 18.0 Å². The fourth-order valence-corrected chi connectivity index (χ4v) is 5.34. The van der Waals surface area contributed by atoms with Gasteiger partial charge in [0.15, 0.2) is 5.65 Å². The van der Waals surface area contributed by atoms with Crippen molar-refractivity contribution >= 4 is 55.0 Å². The third-order valence-corrected chi connectivity index (χ3v) is 6.93. The van der Waals surface area contributed by atoms with Gasteiger partial charge < -0.3 is 20.4 Å². The minimum atomic E-state index is -1.16. The molecular formula is C21H21Br2N5O5. The molecule has 0 aliphatic carbocycles. The molecule has 1 aromatic carbocycles.